The Morgan fingerprint density at radius 1 is 1.22 bits per heavy atom. The summed E-state index contributed by atoms with van der Waals surface area (Å²) in [6.07, 6.45) is 0.463. The highest BCUT2D eigenvalue weighted by atomic mass is 19.1. The van der Waals surface area contributed by atoms with Crippen LogP contribution in [0.3, 0.4) is 0 Å². The van der Waals surface area contributed by atoms with Crippen LogP contribution in [0.1, 0.15) is 55.1 Å². The molecule has 1 aromatic carbocycles. The zero-order chi connectivity index (χ0) is 16.9. The van der Waals surface area contributed by atoms with E-state index < -0.39 is 23.7 Å². The molecule has 0 aliphatic carbocycles. The van der Waals surface area contributed by atoms with Gasteiger partial charge in [0.1, 0.15) is 11.9 Å². The quantitative estimate of drug-likeness (QED) is 0.804. The zero-order valence-electron chi connectivity index (χ0n) is 13.4. The van der Waals surface area contributed by atoms with Gasteiger partial charge in [-0.1, -0.05) is 26.8 Å². The second-order valence-corrected chi connectivity index (χ2v) is 7.14. The van der Waals surface area contributed by atoms with Crippen molar-refractivity contribution in [3.05, 3.63) is 34.6 Å². The van der Waals surface area contributed by atoms with E-state index in [1.807, 2.05) is 26.8 Å². The molecule has 0 saturated carbocycles. The molecule has 122 valence electrons. The number of amides is 3. The summed E-state index contributed by atoms with van der Waals surface area (Å²) in [5, 5.41) is 2.24. The van der Waals surface area contributed by atoms with Gasteiger partial charge >= 0.3 is 0 Å². The van der Waals surface area contributed by atoms with Gasteiger partial charge in [0.2, 0.25) is 11.8 Å². The number of rotatable bonds is 1. The van der Waals surface area contributed by atoms with Crippen LogP contribution < -0.4 is 5.32 Å². The molecule has 0 aromatic heterocycles. The second kappa shape index (κ2) is 5.15. The molecule has 5 nitrogen and oxygen atoms in total. The number of piperidine rings is 1. The molecular weight excluding hydrogens is 299 g/mol. The summed E-state index contributed by atoms with van der Waals surface area (Å²) in [5.74, 6) is -1.85. The van der Waals surface area contributed by atoms with Crippen molar-refractivity contribution in [3.63, 3.8) is 0 Å². The molecule has 1 atom stereocenters. The molecule has 3 rings (SSSR count). The van der Waals surface area contributed by atoms with Crippen LogP contribution in [0.15, 0.2) is 12.1 Å². The first kappa shape index (κ1) is 15.6. The predicted molar refractivity (Wildman–Crippen MR) is 81.1 cm³/mol. The van der Waals surface area contributed by atoms with Crippen molar-refractivity contribution in [1.29, 1.82) is 0 Å². The molecule has 1 fully saturated rings. The van der Waals surface area contributed by atoms with E-state index in [4.69, 9.17) is 0 Å². The van der Waals surface area contributed by atoms with E-state index in [0.717, 1.165) is 5.56 Å². The van der Waals surface area contributed by atoms with Gasteiger partial charge in [-0.3, -0.25) is 19.7 Å². The van der Waals surface area contributed by atoms with E-state index in [-0.39, 0.29) is 36.3 Å². The summed E-state index contributed by atoms with van der Waals surface area (Å²) in [5.41, 5.74) is 1.22. The molecule has 2 aliphatic heterocycles. The minimum Gasteiger partial charge on any atom is -0.322 e. The third-order valence-corrected chi connectivity index (χ3v) is 4.44. The van der Waals surface area contributed by atoms with Crippen LogP contribution >= 0.6 is 0 Å². The molecule has 23 heavy (non-hydrogen) atoms. The minimum atomic E-state index is -0.718. The van der Waals surface area contributed by atoms with E-state index in [9.17, 15) is 18.8 Å². The summed E-state index contributed by atoms with van der Waals surface area (Å²) >= 11 is 0. The number of imide groups is 1. The van der Waals surface area contributed by atoms with Gasteiger partial charge < -0.3 is 4.90 Å². The van der Waals surface area contributed by atoms with Crippen LogP contribution in [0.25, 0.3) is 0 Å². The number of nitrogens with zero attached hydrogens (tertiary/aromatic N) is 1. The normalized spacial score (nSPS) is 21.5. The third-order valence-electron chi connectivity index (χ3n) is 4.44. The van der Waals surface area contributed by atoms with E-state index in [2.05, 4.69) is 5.32 Å². The highest BCUT2D eigenvalue weighted by Gasteiger charge is 2.40. The van der Waals surface area contributed by atoms with Gasteiger partial charge in [-0.15, -0.1) is 0 Å². The lowest BCUT2D eigenvalue weighted by atomic mass is 9.85. The summed E-state index contributed by atoms with van der Waals surface area (Å²) in [6.45, 7) is 6.12. The van der Waals surface area contributed by atoms with Crippen molar-refractivity contribution in [2.45, 2.75) is 51.6 Å². The van der Waals surface area contributed by atoms with E-state index in [0.29, 0.717) is 5.56 Å². The average Bonchev–Trinajstić information content (AvgIpc) is 2.75. The lowest BCUT2D eigenvalue weighted by molar-refractivity contribution is -0.136. The minimum absolute atomic E-state index is 0.0442. The summed E-state index contributed by atoms with van der Waals surface area (Å²) in [6, 6.07) is 2.51. The molecule has 1 saturated heterocycles. The first-order valence-electron chi connectivity index (χ1n) is 7.66. The fraction of sp³-hybridized carbons (Fsp3) is 0.471. The van der Waals surface area contributed by atoms with Crippen LogP contribution in [0.4, 0.5) is 4.39 Å². The predicted octanol–water partition coefficient (Wildman–Crippen LogP) is 1.88. The topological polar surface area (TPSA) is 66.5 Å². The van der Waals surface area contributed by atoms with Crippen LogP contribution in [-0.4, -0.2) is 28.7 Å². The average molecular weight is 318 g/mol. The standard InChI is InChI=1S/C17H19FN2O3/c1-17(2,3)10-6-9-8-20(16(23)14(9)11(18)7-10)12-4-5-13(21)19-15(12)22/h6-7,12H,4-5,8H2,1-3H3,(H,19,21,22). The molecule has 0 radical (unpaired) electrons. The zero-order valence-corrected chi connectivity index (χ0v) is 13.4. The van der Waals surface area contributed by atoms with Crippen molar-refractivity contribution in [2.75, 3.05) is 0 Å². The van der Waals surface area contributed by atoms with Gasteiger partial charge in [-0.25, -0.2) is 4.39 Å². The Morgan fingerprint density at radius 2 is 1.91 bits per heavy atom. The molecule has 0 bridgehead atoms. The largest absolute Gasteiger partial charge is 0.322 e. The van der Waals surface area contributed by atoms with E-state index in [1.54, 1.807) is 0 Å². The molecular formula is C17H19FN2O3. The number of hydrogen-bond donors (Lipinski definition) is 1. The van der Waals surface area contributed by atoms with Crippen molar-refractivity contribution >= 4 is 17.7 Å². The van der Waals surface area contributed by atoms with Crippen LogP contribution in [-0.2, 0) is 21.5 Å². The smallest absolute Gasteiger partial charge is 0.258 e. The van der Waals surface area contributed by atoms with Crippen LogP contribution in [0.5, 0.6) is 0 Å². The maximum absolute atomic E-state index is 14.4. The molecule has 2 heterocycles. The Labute approximate surface area is 133 Å². The van der Waals surface area contributed by atoms with E-state index in [1.165, 1.54) is 11.0 Å². The number of carbonyl (C=O) groups is 3. The van der Waals surface area contributed by atoms with E-state index >= 15 is 0 Å². The monoisotopic (exact) mass is 318 g/mol. The summed E-state index contributed by atoms with van der Waals surface area (Å²) < 4.78 is 14.4. The molecule has 1 unspecified atom stereocenters. The number of carbonyl (C=O) groups excluding carboxylic acids is 3. The number of halogens is 1. The molecule has 3 amide bonds. The van der Waals surface area contributed by atoms with Gasteiger partial charge in [0.15, 0.2) is 0 Å². The highest BCUT2D eigenvalue weighted by Crippen LogP contribution is 2.33. The first-order chi connectivity index (χ1) is 10.7. The van der Waals surface area contributed by atoms with Gasteiger partial charge in [-0.05, 0) is 29.0 Å². The highest BCUT2D eigenvalue weighted by molar-refractivity contribution is 6.05. The number of hydrogen-bond acceptors (Lipinski definition) is 3. The van der Waals surface area contributed by atoms with Crippen molar-refractivity contribution in [1.82, 2.24) is 10.2 Å². The maximum atomic E-state index is 14.4. The van der Waals surface area contributed by atoms with Gasteiger partial charge in [0, 0.05) is 13.0 Å². The Hall–Kier alpha value is -2.24. The summed E-state index contributed by atoms with van der Waals surface area (Å²) in [7, 11) is 0. The lowest BCUT2D eigenvalue weighted by Crippen LogP contribution is -2.52. The fourth-order valence-corrected chi connectivity index (χ4v) is 3.09. The number of nitrogens with one attached hydrogen (secondary N) is 1. The molecule has 1 aromatic rings. The molecule has 6 heteroatoms. The Bertz CT molecular complexity index is 721. The fourth-order valence-electron chi connectivity index (χ4n) is 3.09. The Balaban J connectivity index is 1.94. The van der Waals surface area contributed by atoms with Crippen LogP contribution in [0.2, 0.25) is 0 Å². The maximum Gasteiger partial charge on any atom is 0.258 e. The third kappa shape index (κ3) is 2.62. The molecule has 1 N–H and O–H groups in total. The van der Waals surface area contributed by atoms with Gasteiger partial charge in [-0.2, -0.15) is 0 Å². The van der Waals surface area contributed by atoms with Crippen molar-refractivity contribution in [3.8, 4) is 0 Å². The molecule has 2 aliphatic rings. The Morgan fingerprint density at radius 3 is 2.52 bits per heavy atom. The summed E-state index contributed by atoms with van der Waals surface area (Å²) in [4.78, 5) is 37.1. The number of fused-ring (bicyclic) bond motifs is 1. The Kier molecular flexibility index (Phi) is 3.50. The molecule has 0 spiro atoms. The number of benzene rings is 1. The van der Waals surface area contributed by atoms with Crippen molar-refractivity contribution in [2.24, 2.45) is 0 Å². The second-order valence-electron chi connectivity index (χ2n) is 7.14. The van der Waals surface area contributed by atoms with Crippen LogP contribution in [0, 0.1) is 5.82 Å². The van der Waals surface area contributed by atoms with Crippen molar-refractivity contribution < 1.29 is 18.8 Å². The van der Waals surface area contributed by atoms with Gasteiger partial charge in [0.25, 0.3) is 5.91 Å². The van der Waals surface area contributed by atoms with Gasteiger partial charge in [0.05, 0.1) is 5.56 Å². The SMILES string of the molecule is CC(C)(C)c1cc(F)c2c(c1)CN(C1CCC(=O)NC1=O)C2=O. The first-order valence-corrected chi connectivity index (χ1v) is 7.66. The lowest BCUT2D eigenvalue weighted by Gasteiger charge is -2.29.